The van der Waals surface area contributed by atoms with Gasteiger partial charge in [0.05, 0.1) is 5.03 Å². The van der Waals surface area contributed by atoms with E-state index in [9.17, 15) is 13.2 Å². The Kier molecular flexibility index (Phi) is 4.74. The average Bonchev–Trinajstić information content (AvgIpc) is 1.98. The summed E-state index contributed by atoms with van der Waals surface area (Å²) in [6, 6.07) is 0. The third-order valence-corrected chi connectivity index (χ3v) is 3.79. The number of carbonyl (C=O) groups is 1. The number of sulfone groups is 1. The Morgan fingerprint density at radius 1 is 1.07 bits per heavy atom. The second-order valence-electron chi connectivity index (χ2n) is 3.60. The number of hydrogen-bond donors (Lipinski definition) is 0. The summed E-state index contributed by atoms with van der Waals surface area (Å²) in [5.41, 5.74) is 1.50. The highest BCUT2D eigenvalue weighted by molar-refractivity contribution is 7.95. The molecule has 0 radical (unpaired) electrons. The van der Waals surface area contributed by atoms with Gasteiger partial charge in [-0.1, -0.05) is 17.2 Å². The van der Waals surface area contributed by atoms with Crippen LogP contribution >= 0.6 is 11.6 Å². The van der Waals surface area contributed by atoms with Gasteiger partial charge in [-0.25, -0.2) is 8.42 Å². The number of hydrogen-bond acceptors (Lipinski definition) is 3. The van der Waals surface area contributed by atoms with Crippen molar-refractivity contribution in [2.75, 3.05) is 6.26 Å². The molecule has 0 aromatic rings. The largest absolute Gasteiger partial charge is 0.294 e. The first-order valence-electron chi connectivity index (χ1n) is 4.34. The van der Waals surface area contributed by atoms with E-state index in [1.165, 1.54) is 6.92 Å². The molecule has 0 aliphatic rings. The van der Waals surface area contributed by atoms with Crippen molar-refractivity contribution in [2.24, 2.45) is 0 Å². The molecule has 0 N–H and O–H groups in total. The minimum Gasteiger partial charge on any atom is -0.294 e. The number of ketones is 1. The number of carbonyl (C=O) groups excluding carboxylic acids is 1. The molecule has 5 heteroatoms. The first kappa shape index (κ1) is 14.4. The van der Waals surface area contributed by atoms with Gasteiger partial charge in [0, 0.05) is 6.26 Å². The molecule has 0 atom stereocenters. The molecule has 0 saturated heterocycles. The van der Waals surface area contributed by atoms with Crippen molar-refractivity contribution in [1.29, 1.82) is 0 Å². The lowest BCUT2D eigenvalue weighted by molar-refractivity contribution is -0.113. The summed E-state index contributed by atoms with van der Waals surface area (Å²) >= 11 is 5.89. The number of halogens is 1. The fraction of sp³-hybridized carbons (Fsp3) is 0.500. The highest BCUT2D eigenvalue weighted by Gasteiger charge is 2.22. The maximum absolute atomic E-state index is 11.4. The van der Waals surface area contributed by atoms with Gasteiger partial charge in [-0.15, -0.1) is 0 Å². The molecule has 0 aliphatic carbocycles. The van der Waals surface area contributed by atoms with Crippen LogP contribution in [0.5, 0.6) is 0 Å². The molecule has 0 unspecified atom stereocenters. The van der Waals surface area contributed by atoms with Gasteiger partial charge in [-0.05, 0) is 33.3 Å². The SMILES string of the molecule is CC(=O)/C(=C(\Cl)C(C)=C(C)C)S(C)(=O)=O. The van der Waals surface area contributed by atoms with Crippen molar-refractivity contribution in [3.63, 3.8) is 0 Å². The lowest BCUT2D eigenvalue weighted by Gasteiger charge is -2.07. The monoisotopic (exact) mass is 250 g/mol. The van der Waals surface area contributed by atoms with Crippen molar-refractivity contribution in [2.45, 2.75) is 27.7 Å². The van der Waals surface area contributed by atoms with Gasteiger partial charge in [-0.3, -0.25) is 4.79 Å². The predicted molar refractivity (Wildman–Crippen MR) is 62.5 cm³/mol. The van der Waals surface area contributed by atoms with E-state index in [0.717, 1.165) is 11.8 Å². The molecule has 0 rings (SSSR count). The maximum Gasteiger partial charge on any atom is 0.180 e. The molecule has 0 fully saturated rings. The van der Waals surface area contributed by atoms with Gasteiger partial charge in [-0.2, -0.15) is 0 Å². The smallest absolute Gasteiger partial charge is 0.180 e. The van der Waals surface area contributed by atoms with Crippen molar-refractivity contribution in [3.05, 3.63) is 21.1 Å². The van der Waals surface area contributed by atoms with Gasteiger partial charge in [0.15, 0.2) is 15.6 Å². The van der Waals surface area contributed by atoms with E-state index in [1.807, 2.05) is 0 Å². The van der Waals surface area contributed by atoms with Crippen LogP contribution in [0, 0.1) is 0 Å². The molecular weight excluding hydrogens is 236 g/mol. The van der Waals surface area contributed by atoms with Crippen molar-refractivity contribution >= 4 is 27.2 Å². The van der Waals surface area contributed by atoms with Gasteiger partial charge in [0.2, 0.25) is 0 Å². The molecule has 0 heterocycles. The van der Waals surface area contributed by atoms with E-state index in [4.69, 9.17) is 11.6 Å². The molecule has 0 aromatic heterocycles. The van der Waals surface area contributed by atoms with Crippen LogP contribution in [0.1, 0.15) is 27.7 Å². The molecule has 0 saturated carbocycles. The molecule has 0 bridgehead atoms. The van der Waals surface area contributed by atoms with Crippen molar-refractivity contribution in [1.82, 2.24) is 0 Å². The summed E-state index contributed by atoms with van der Waals surface area (Å²) in [4.78, 5) is 10.9. The van der Waals surface area contributed by atoms with Gasteiger partial charge < -0.3 is 0 Å². The molecular formula is C10H15ClO3S. The van der Waals surface area contributed by atoms with Crippen LogP contribution in [-0.4, -0.2) is 20.5 Å². The highest BCUT2D eigenvalue weighted by Crippen LogP contribution is 2.25. The Morgan fingerprint density at radius 3 is 1.67 bits per heavy atom. The summed E-state index contributed by atoms with van der Waals surface area (Å²) in [6.45, 7) is 6.48. The average molecular weight is 251 g/mol. The van der Waals surface area contributed by atoms with E-state index in [-0.39, 0.29) is 9.94 Å². The van der Waals surface area contributed by atoms with E-state index in [1.54, 1.807) is 20.8 Å². The van der Waals surface area contributed by atoms with E-state index < -0.39 is 15.6 Å². The summed E-state index contributed by atoms with van der Waals surface area (Å²) in [5, 5.41) is 0.0185. The number of allylic oxidation sites excluding steroid dienone is 4. The zero-order valence-electron chi connectivity index (χ0n) is 9.51. The first-order chi connectivity index (χ1) is 6.59. The van der Waals surface area contributed by atoms with E-state index in [0.29, 0.717) is 5.57 Å². The van der Waals surface area contributed by atoms with Crippen LogP contribution in [0.2, 0.25) is 0 Å². The second kappa shape index (κ2) is 4.94. The molecule has 3 nitrogen and oxygen atoms in total. The van der Waals surface area contributed by atoms with Gasteiger partial charge >= 0.3 is 0 Å². The Bertz CT molecular complexity index is 437. The number of rotatable bonds is 3. The van der Waals surface area contributed by atoms with Crippen molar-refractivity contribution < 1.29 is 13.2 Å². The first-order valence-corrected chi connectivity index (χ1v) is 6.61. The summed E-state index contributed by atoms with van der Waals surface area (Å²) in [6.07, 6.45) is 0.977. The molecule has 0 aromatic carbocycles. The van der Waals surface area contributed by atoms with Gasteiger partial charge in [0.1, 0.15) is 4.91 Å². The zero-order chi connectivity index (χ0) is 12.4. The van der Waals surface area contributed by atoms with Crippen LogP contribution < -0.4 is 0 Å². The standard InChI is InChI=1S/C10H15ClO3S/c1-6(2)7(3)9(11)10(8(4)12)15(5,13)14/h1-5H3/b10-9+. The predicted octanol–water partition coefficient (Wildman–Crippen LogP) is 2.43. The highest BCUT2D eigenvalue weighted by atomic mass is 35.5. The molecule has 0 amide bonds. The molecule has 0 aliphatic heterocycles. The Hall–Kier alpha value is -0.610. The number of Topliss-reactive ketones (excluding diaryl/α,β-unsaturated/α-hetero) is 1. The minimum absolute atomic E-state index is 0.0185. The zero-order valence-corrected chi connectivity index (χ0v) is 11.1. The summed E-state index contributed by atoms with van der Waals surface area (Å²) in [5.74, 6) is -0.539. The molecule has 86 valence electrons. The fourth-order valence-corrected chi connectivity index (χ4v) is 2.71. The lowest BCUT2D eigenvalue weighted by Crippen LogP contribution is -2.11. The van der Waals surface area contributed by atoms with Crippen LogP contribution in [0.15, 0.2) is 21.1 Å². The third-order valence-electron chi connectivity index (χ3n) is 1.97. The van der Waals surface area contributed by atoms with Crippen LogP contribution in [0.25, 0.3) is 0 Å². The molecule has 15 heavy (non-hydrogen) atoms. The van der Waals surface area contributed by atoms with Crippen LogP contribution in [-0.2, 0) is 14.6 Å². The van der Waals surface area contributed by atoms with Crippen LogP contribution in [0.3, 0.4) is 0 Å². The molecule has 0 spiro atoms. The van der Waals surface area contributed by atoms with E-state index in [2.05, 4.69) is 0 Å². The second-order valence-corrected chi connectivity index (χ2v) is 5.93. The van der Waals surface area contributed by atoms with Gasteiger partial charge in [0.25, 0.3) is 0 Å². The minimum atomic E-state index is -3.58. The Balaban J connectivity index is 5.96. The lowest BCUT2D eigenvalue weighted by atomic mass is 10.1. The summed E-state index contributed by atoms with van der Waals surface area (Å²) < 4.78 is 22.7. The third kappa shape index (κ3) is 3.80. The normalized spacial score (nSPS) is 13.2. The maximum atomic E-state index is 11.4. The Labute approximate surface area is 95.7 Å². The fourth-order valence-electron chi connectivity index (χ4n) is 0.968. The Morgan fingerprint density at radius 2 is 1.47 bits per heavy atom. The topological polar surface area (TPSA) is 51.2 Å². The van der Waals surface area contributed by atoms with E-state index >= 15 is 0 Å². The van der Waals surface area contributed by atoms with Crippen LogP contribution in [0.4, 0.5) is 0 Å². The quantitative estimate of drug-likeness (QED) is 0.571. The van der Waals surface area contributed by atoms with Crippen molar-refractivity contribution in [3.8, 4) is 0 Å². The summed E-state index contributed by atoms with van der Waals surface area (Å²) in [7, 11) is -3.58.